The molecule has 0 fully saturated rings. The predicted octanol–water partition coefficient (Wildman–Crippen LogP) is 2.42. The van der Waals surface area contributed by atoms with Crippen LogP contribution in [-0.2, 0) is 4.79 Å². The molecule has 0 unspecified atom stereocenters. The molecular weight excluding hydrogens is 256 g/mol. The fourth-order valence-corrected chi connectivity index (χ4v) is 1.71. The van der Waals surface area contributed by atoms with Gasteiger partial charge in [-0.1, -0.05) is 13.8 Å². The molecule has 1 aromatic rings. The van der Waals surface area contributed by atoms with E-state index in [2.05, 4.69) is 24.5 Å². The molecule has 1 aromatic carbocycles. The van der Waals surface area contributed by atoms with E-state index in [0.29, 0.717) is 29.8 Å². The van der Waals surface area contributed by atoms with Gasteiger partial charge in [0.1, 0.15) is 0 Å². The molecular formula is C15H24N2O3. The lowest BCUT2D eigenvalue weighted by molar-refractivity contribution is -0.114. The van der Waals surface area contributed by atoms with Gasteiger partial charge in [0.15, 0.2) is 11.5 Å². The highest BCUT2D eigenvalue weighted by Gasteiger charge is 2.06. The van der Waals surface area contributed by atoms with E-state index in [0.717, 1.165) is 13.0 Å². The highest BCUT2D eigenvalue weighted by Crippen LogP contribution is 2.30. The molecule has 0 aliphatic heterocycles. The third kappa shape index (κ3) is 5.93. The third-order valence-corrected chi connectivity index (χ3v) is 2.62. The molecule has 5 heteroatoms. The molecule has 0 saturated carbocycles. The van der Waals surface area contributed by atoms with E-state index in [4.69, 9.17) is 9.47 Å². The summed E-state index contributed by atoms with van der Waals surface area (Å²) >= 11 is 0. The van der Waals surface area contributed by atoms with Gasteiger partial charge in [-0.2, -0.15) is 0 Å². The first-order chi connectivity index (χ1) is 9.52. The molecule has 0 radical (unpaired) electrons. The van der Waals surface area contributed by atoms with E-state index < -0.39 is 0 Å². The summed E-state index contributed by atoms with van der Waals surface area (Å²) in [5.74, 6) is 1.19. The van der Waals surface area contributed by atoms with Crippen molar-refractivity contribution in [2.75, 3.05) is 25.6 Å². The zero-order chi connectivity index (χ0) is 15.0. The van der Waals surface area contributed by atoms with Crippen molar-refractivity contribution in [2.24, 2.45) is 0 Å². The van der Waals surface area contributed by atoms with Gasteiger partial charge in [0.25, 0.3) is 0 Å². The van der Waals surface area contributed by atoms with Crippen LogP contribution in [0, 0.1) is 0 Å². The summed E-state index contributed by atoms with van der Waals surface area (Å²) in [5, 5.41) is 6.04. The van der Waals surface area contributed by atoms with Gasteiger partial charge in [-0.15, -0.1) is 0 Å². The maximum absolute atomic E-state index is 11.0. The second-order valence-electron chi connectivity index (χ2n) is 4.86. The van der Waals surface area contributed by atoms with Crippen molar-refractivity contribution in [3.63, 3.8) is 0 Å². The highest BCUT2D eigenvalue weighted by molar-refractivity contribution is 5.89. The molecule has 2 N–H and O–H groups in total. The smallest absolute Gasteiger partial charge is 0.221 e. The molecule has 0 heterocycles. The highest BCUT2D eigenvalue weighted by atomic mass is 16.5. The first-order valence-corrected chi connectivity index (χ1v) is 6.84. The van der Waals surface area contributed by atoms with Crippen LogP contribution < -0.4 is 20.1 Å². The summed E-state index contributed by atoms with van der Waals surface area (Å²) in [7, 11) is 1.58. The molecule has 20 heavy (non-hydrogen) atoms. The summed E-state index contributed by atoms with van der Waals surface area (Å²) in [6.45, 7) is 7.24. The van der Waals surface area contributed by atoms with Crippen LogP contribution in [0.5, 0.6) is 11.5 Å². The Bertz CT molecular complexity index is 433. The molecule has 0 bridgehead atoms. The molecule has 1 rings (SSSR count). The Labute approximate surface area is 120 Å². The van der Waals surface area contributed by atoms with E-state index >= 15 is 0 Å². The summed E-state index contributed by atoms with van der Waals surface area (Å²) in [4.78, 5) is 11.0. The third-order valence-electron chi connectivity index (χ3n) is 2.62. The van der Waals surface area contributed by atoms with Crippen molar-refractivity contribution in [1.82, 2.24) is 5.32 Å². The monoisotopic (exact) mass is 280 g/mol. The van der Waals surface area contributed by atoms with Gasteiger partial charge >= 0.3 is 0 Å². The van der Waals surface area contributed by atoms with Crippen molar-refractivity contribution in [3.05, 3.63) is 18.2 Å². The minimum atomic E-state index is -0.111. The van der Waals surface area contributed by atoms with Gasteiger partial charge in [-0.25, -0.2) is 0 Å². The molecule has 5 nitrogen and oxygen atoms in total. The van der Waals surface area contributed by atoms with Gasteiger partial charge in [-0.3, -0.25) is 4.79 Å². The van der Waals surface area contributed by atoms with E-state index in [-0.39, 0.29) is 5.91 Å². The molecule has 0 aliphatic carbocycles. The molecule has 112 valence electrons. The number of carbonyl (C=O) groups is 1. The second kappa shape index (κ2) is 8.43. The molecule has 0 spiro atoms. The van der Waals surface area contributed by atoms with Crippen LogP contribution in [0.1, 0.15) is 27.2 Å². The van der Waals surface area contributed by atoms with Gasteiger partial charge in [0, 0.05) is 24.7 Å². The fraction of sp³-hybridized carbons (Fsp3) is 0.533. The van der Waals surface area contributed by atoms with Crippen LogP contribution in [0.3, 0.4) is 0 Å². The topological polar surface area (TPSA) is 59.6 Å². The van der Waals surface area contributed by atoms with Crippen molar-refractivity contribution in [2.45, 2.75) is 33.2 Å². The first kappa shape index (κ1) is 16.3. The van der Waals surface area contributed by atoms with Crippen LogP contribution in [0.4, 0.5) is 5.69 Å². The van der Waals surface area contributed by atoms with E-state index in [9.17, 15) is 4.79 Å². The molecule has 0 aromatic heterocycles. The van der Waals surface area contributed by atoms with Gasteiger partial charge in [0.05, 0.1) is 13.7 Å². The summed E-state index contributed by atoms with van der Waals surface area (Å²) < 4.78 is 11.0. The number of carbonyl (C=O) groups excluding carboxylic acids is 1. The van der Waals surface area contributed by atoms with Crippen LogP contribution in [0.25, 0.3) is 0 Å². The standard InChI is InChI=1S/C15H24N2O3/c1-11(2)16-8-5-9-20-14-7-6-13(17-12(3)18)10-15(14)19-4/h6-7,10-11,16H,5,8-9H2,1-4H3,(H,17,18). The summed E-state index contributed by atoms with van der Waals surface area (Å²) in [5.41, 5.74) is 0.697. The Kier molecular flexibility index (Phi) is 6.87. The van der Waals surface area contributed by atoms with Crippen LogP contribution >= 0.6 is 0 Å². The van der Waals surface area contributed by atoms with Crippen molar-refractivity contribution in [1.29, 1.82) is 0 Å². The average Bonchev–Trinajstić information content (AvgIpc) is 2.38. The normalized spacial score (nSPS) is 10.4. The quantitative estimate of drug-likeness (QED) is 0.718. The second-order valence-corrected chi connectivity index (χ2v) is 4.86. The molecule has 0 atom stereocenters. The zero-order valence-electron chi connectivity index (χ0n) is 12.7. The van der Waals surface area contributed by atoms with Crippen LogP contribution in [-0.4, -0.2) is 32.2 Å². The predicted molar refractivity (Wildman–Crippen MR) is 80.5 cm³/mol. The Hall–Kier alpha value is -1.75. The maximum atomic E-state index is 11.0. The largest absolute Gasteiger partial charge is 0.493 e. The maximum Gasteiger partial charge on any atom is 0.221 e. The number of amides is 1. The number of anilines is 1. The molecule has 0 aliphatic rings. The zero-order valence-corrected chi connectivity index (χ0v) is 12.7. The minimum absolute atomic E-state index is 0.111. The molecule has 1 amide bonds. The van der Waals surface area contributed by atoms with Gasteiger partial charge in [0.2, 0.25) is 5.91 Å². The number of hydrogen-bond donors (Lipinski definition) is 2. The lowest BCUT2D eigenvalue weighted by Gasteiger charge is -2.13. The summed E-state index contributed by atoms with van der Waals surface area (Å²) in [6, 6.07) is 5.84. The minimum Gasteiger partial charge on any atom is -0.493 e. The number of methoxy groups -OCH3 is 1. The van der Waals surface area contributed by atoms with E-state index in [1.807, 2.05) is 0 Å². The van der Waals surface area contributed by atoms with Crippen molar-refractivity contribution < 1.29 is 14.3 Å². The number of hydrogen-bond acceptors (Lipinski definition) is 4. The average molecular weight is 280 g/mol. The lowest BCUT2D eigenvalue weighted by atomic mass is 10.2. The van der Waals surface area contributed by atoms with E-state index in [1.165, 1.54) is 6.92 Å². The lowest BCUT2D eigenvalue weighted by Crippen LogP contribution is -2.24. The van der Waals surface area contributed by atoms with Crippen LogP contribution in [0.2, 0.25) is 0 Å². The Morgan fingerprint density at radius 1 is 1.30 bits per heavy atom. The molecule has 0 saturated heterocycles. The Morgan fingerprint density at radius 3 is 2.65 bits per heavy atom. The summed E-state index contributed by atoms with van der Waals surface area (Å²) in [6.07, 6.45) is 0.925. The number of benzene rings is 1. The Balaban J connectivity index is 2.50. The van der Waals surface area contributed by atoms with Gasteiger partial charge < -0.3 is 20.1 Å². The van der Waals surface area contributed by atoms with Gasteiger partial charge in [-0.05, 0) is 25.1 Å². The number of ether oxygens (including phenoxy) is 2. The number of rotatable bonds is 8. The number of nitrogens with one attached hydrogen (secondary N) is 2. The van der Waals surface area contributed by atoms with Crippen molar-refractivity contribution in [3.8, 4) is 11.5 Å². The van der Waals surface area contributed by atoms with E-state index in [1.54, 1.807) is 25.3 Å². The first-order valence-electron chi connectivity index (χ1n) is 6.84. The van der Waals surface area contributed by atoms with Crippen LogP contribution in [0.15, 0.2) is 18.2 Å². The van der Waals surface area contributed by atoms with Crippen molar-refractivity contribution >= 4 is 11.6 Å². The fourth-order valence-electron chi connectivity index (χ4n) is 1.71. The SMILES string of the molecule is COc1cc(NC(C)=O)ccc1OCCCNC(C)C. The Morgan fingerprint density at radius 2 is 2.05 bits per heavy atom.